The van der Waals surface area contributed by atoms with Gasteiger partial charge in [0.2, 0.25) is 0 Å². The first-order valence-electron chi connectivity index (χ1n) is 5.51. The molecule has 0 aliphatic carbocycles. The predicted molar refractivity (Wildman–Crippen MR) is 62.3 cm³/mol. The number of hydroxylamine groups is 2. The van der Waals surface area contributed by atoms with Crippen LogP contribution in [0.3, 0.4) is 0 Å². The lowest BCUT2D eigenvalue weighted by Crippen LogP contribution is -2.38. The maximum atomic E-state index is 11.9. The van der Waals surface area contributed by atoms with Crippen molar-refractivity contribution in [3.63, 3.8) is 0 Å². The summed E-state index contributed by atoms with van der Waals surface area (Å²) in [6.07, 6.45) is 0. The summed E-state index contributed by atoms with van der Waals surface area (Å²) in [5.74, 6) is -0.472. The lowest BCUT2D eigenvalue weighted by Gasteiger charge is -2.28. The molecule has 1 aromatic heterocycles. The lowest BCUT2D eigenvalue weighted by atomic mass is 9.99. The lowest BCUT2D eigenvalue weighted by molar-refractivity contribution is -0.146. The van der Waals surface area contributed by atoms with Crippen molar-refractivity contribution in [1.29, 1.82) is 0 Å². The number of fused-ring (bicyclic) bond motifs is 4. The van der Waals surface area contributed by atoms with Crippen molar-refractivity contribution in [3.05, 3.63) is 21.4 Å². The number of hydrogen-bond acceptors (Lipinski definition) is 5. The Morgan fingerprint density at radius 1 is 1.61 bits per heavy atom. The van der Waals surface area contributed by atoms with Gasteiger partial charge < -0.3 is 9.64 Å². The Balaban J connectivity index is 2.15. The minimum atomic E-state index is -0.732. The summed E-state index contributed by atoms with van der Waals surface area (Å²) in [6.45, 7) is 2.25. The molecule has 3 heterocycles. The molecule has 2 aliphatic heterocycles. The first-order valence-corrected chi connectivity index (χ1v) is 6.33. The number of aryl methyl sites for hydroxylation is 1. The van der Waals surface area contributed by atoms with Crippen LogP contribution in [0.25, 0.3) is 0 Å². The van der Waals surface area contributed by atoms with Gasteiger partial charge >= 0.3 is 12.0 Å². The van der Waals surface area contributed by atoms with Crippen LogP contribution in [0.2, 0.25) is 0 Å². The maximum absolute atomic E-state index is 11.9. The molecule has 0 aromatic carbocycles. The molecule has 0 radical (unpaired) electrons. The summed E-state index contributed by atoms with van der Waals surface area (Å²) in [6, 6.07) is 0.263. The standard InChI is InChI=1S/C11H12N2O4S/c1-5-3-6-7-4-12(11(15)13(7)16)8(9(6)18-5)10(14)17-2/h3,7-8,16H,4H2,1-2H3. The molecule has 1 fully saturated rings. The maximum Gasteiger partial charge on any atom is 0.345 e. The molecule has 96 valence electrons. The number of nitrogens with zero attached hydrogens (tertiary/aromatic N) is 2. The number of amides is 2. The Kier molecular flexibility index (Phi) is 2.36. The van der Waals surface area contributed by atoms with Crippen LogP contribution in [-0.4, -0.2) is 40.8 Å². The fraction of sp³-hybridized carbons (Fsp3) is 0.455. The third-order valence-corrected chi connectivity index (χ3v) is 4.48. The molecule has 18 heavy (non-hydrogen) atoms. The zero-order chi connectivity index (χ0) is 13.0. The molecule has 3 rings (SSSR count). The van der Waals surface area contributed by atoms with Crippen LogP contribution in [0.4, 0.5) is 4.79 Å². The summed E-state index contributed by atoms with van der Waals surface area (Å²) in [7, 11) is 1.30. The quantitative estimate of drug-likeness (QED) is 0.618. The predicted octanol–water partition coefficient (Wildman–Crippen LogP) is 1.45. The highest BCUT2D eigenvalue weighted by molar-refractivity contribution is 7.12. The van der Waals surface area contributed by atoms with Gasteiger partial charge in [-0.25, -0.2) is 9.59 Å². The Labute approximate surface area is 107 Å². The average molecular weight is 268 g/mol. The highest BCUT2D eigenvalue weighted by Crippen LogP contribution is 2.46. The molecule has 7 heteroatoms. The van der Waals surface area contributed by atoms with Gasteiger partial charge in [0.15, 0.2) is 6.04 Å². The minimum Gasteiger partial charge on any atom is -0.467 e. The van der Waals surface area contributed by atoms with E-state index >= 15 is 0 Å². The summed E-state index contributed by atoms with van der Waals surface area (Å²) < 4.78 is 4.76. The van der Waals surface area contributed by atoms with Crippen LogP contribution in [-0.2, 0) is 9.53 Å². The first kappa shape index (κ1) is 11.5. The SMILES string of the molecule is COC(=O)C1c2sc(C)cc2C2CN1C(=O)N2O. The van der Waals surface area contributed by atoms with Gasteiger partial charge in [0.25, 0.3) is 0 Å². The normalized spacial score (nSPS) is 25.4. The van der Waals surface area contributed by atoms with Gasteiger partial charge in [0.1, 0.15) is 6.04 Å². The van der Waals surface area contributed by atoms with Crippen molar-refractivity contribution in [3.8, 4) is 0 Å². The fourth-order valence-corrected chi connectivity index (χ4v) is 3.75. The van der Waals surface area contributed by atoms with Gasteiger partial charge in [-0.05, 0) is 18.6 Å². The second kappa shape index (κ2) is 3.69. The van der Waals surface area contributed by atoms with Crippen molar-refractivity contribution >= 4 is 23.3 Å². The van der Waals surface area contributed by atoms with E-state index in [1.807, 2.05) is 13.0 Å². The van der Waals surface area contributed by atoms with E-state index in [-0.39, 0.29) is 6.04 Å². The van der Waals surface area contributed by atoms with Crippen LogP contribution in [0.15, 0.2) is 6.07 Å². The van der Waals surface area contributed by atoms with E-state index < -0.39 is 18.0 Å². The molecule has 0 spiro atoms. The molecule has 2 unspecified atom stereocenters. The van der Waals surface area contributed by atoms with E-state index in [1.54, 1.807) is 0 Å². The Morgan fingerprint density at radius 2 is 2.33 bits per heavy atom. The Hall–Kier alpha value is -1.60. The van der Waals surface area contributed by atoms with Gasteiger partial charge in [0, 0.05) is 9.75 Å². The van der Waals surface area contributed by atoms with Gasteiger partial charge in [-0.3, -0.25) is 5.21 Å². The third kappa shape index (κ3) is 1.31. The Bertz CT molecular complexity index is 541. The van der Waals surface area contributed by atoms with Crippen LogP contribution in [0.1, 0.15) is 27.4 Å². The number of ether oxygens (including phenoxy) is 1. The smallest absolute Gasteiger partial charge is 0.345 e. The van der Waals surface area contributed by atoms with E-state index in [0.29, 0.717) is 11.6 Å². The summed E-state index contributed by atoms with van der Waals surface area (Å²) >= 11 is 1.46. The number of esters is 1. The zero-order valence-electron chi connectivity index (χ0n) is 9.91. The van der Waals surface area contributed by atoms with Crippen molar-refractivity contribution in [2.24, 2.45) is 0 Å². The van der Waals surface area contributed by atoms with Crippen LogP contribution < -0.4 is 0 Å². The van der Waals surface area contributed by atoms with Gasteiger partial charge in [-0.2, -0.15) is 5.06 Å². The van der Waals surface area contributed by atoms with Crippen LogP contribution in [0.5, 0.6) is 0 Å². The van der Waals surface area contributed by atoms with Crippen molar-refractivity contribution in [1.82, 2.24) is 9.96 Å². The molecule has 2 atom stereocenters. The molecular formula is C11H12N2O4S. The second-order valence-corrected chi connectivity index (χ2v) is 5.69. The highest BCUT2D eigenvalue weighted by Gasteiger charge is 2.51. The van der Waals surface area contributed by atoms with Crippen molar-refractivity contribution < 1.29 is 19.5 Å². The molecular weight excluding hydrogens is 256 g/mol. The summed E-state index contributed by atoms with van der Waals surface area (Å²) in [5, 5.41) is 10.5. The number of hydrogen-bond donors (Lipinski definition) is 1. The second-order valence-electron chi connectivity index (χ2n) is 4.40. The average Bonchev–Trinajstić information content (AvgIpc) is 2.84. The van der Waals surface area contributed by atoms with Crippen LogP contribution in [0, 0.1) is 6.92 Å². The Morgan fingerprint density at radius 3 is 3.00 bits per heavy atom. The molecule has 1 aromatic rings. The van der Waals surface area contributed by atoms with Crippen molar-refractivity contribution in [2.45, 2.75) is 19.0 Å². The fourth-order valence-electron chi connectivity index (χ4n) is 2.57. The van der Waals surface area contributed by atoms with E-state index in [4.69, 9.17) is 4.74 Å². The first-order chi connectivity index (χ1) is 8.54. The number of methoxy groups -OCH3 is 1. The van der Waals surface area contributed by atoms with Gasteiger partial charge in [-0.1, -0.05) is 0 Å². The molecule has 6 nitrogen and oxygen atoms in total. The van der Waals surface area contributed by atoms with E-state index in [2.05, 4.69) is 0 Å². The summed E-state index contributed by atoms with van der Waals surface area (Å²) in [4.78, 5) is 26.9. The minimum absolute atomic E-state index is 0.318. The third-order valence-electron chi connectivity index (χ3n) is 3.36. The van der Waals surface area contributed by atoms with E-state index in [9.17, 15) is 14.8 Å². The highest BCUT2D eigenvalue weighted by atomic mass is 32.1. The van der Waals surface area contributed by atoms with Gasteiger partial charge in [0.05, 0.1) is 13.7 Å². The van der Waals surface area contributed by atoms with Gasteiger partial charge in [-0.15, -0.1) is 11.3 Å². The van der Waals surface area contributed by atoms with E-state index in [1.165, 1.54) is 23.3 Å². The number of carbonyl (C=O) groups excluding carboxylic acids is 2. The molecule has 2 bridgehead atoms. The molecule has 2 amide bonds. The van der Waals surface area contributed by atoms with E-state index in [0.717, 1.165) is 15.3 Å². The zero-order valence-corrected chi connectivity index (χ0v) is 10.7. The van der Waals surface area contributed by atoms with Crippen molar-refractivity contribution in [2.75, 3.05) is 13.7 Å². The number of carbonyl (C=O) groups is 2. The molecule has 1 saturated heterocycles. The molecule has 1 N–H and O–H groups in total. The largest absolute Gasteiger partial charge is 0.467 e. The monoisotopic (exact) mass is 268 g/mol. The molecule has 0 saturated carbocycles. The van der Waals surface area contributed by atoms with Crippen LogP contribution >= 0.6 is 11.3 Å². The molecule has 2 aliphatic rings. The number of rotatable bonds is 1. The topological polar surface area (TPSA) is 70.1 Å². The number of thiophene rings is 1. The summed E-state index contributed by atoms with van der Waals surface area (Å²) in [5.41, 5.74) is 0.845. The number of urea groups is 1.